The number of nitrogens with zero attached hydrogens (tertiary/aromatic N) is 2. The third kappa shape index (κ3) is 5.41. The Morgan fingerprint density at radius 1 is 1.13 bits per heavy atom. The molecule has 0 aliphatic rings. The van der Waals surface area contributed by atoms with Crippen LogP contribution in [0.3, 0.4) is 0 Å². The molecule has 3 rings (SSSR count). The summed E-state index contributed by atoms with van der Waals surface area (Å²) >= 11 is 0. The predicted molar refractivity (Wildman–Crippen MR) is 120 cm³/mol. The molecule has 0 fully saturated rings. The molecule has 0 unspecified atom stereocenters. The maximum absolute atomic E-state index is 10.5. The first-order valence-electron chi connectivity index (χ1n) is 10.3. The van der Waals surface area contributed by atoms with Crippen LogP contribution in [0.5, 0.6) is 11.5 Å². The number of carbonyl (C=O) groups is 1. The zero-order valence-electron chi connectivity index (χ0n) is 17.6. The average molecular weight is 408 g/mol. The lowest BCUT2D eigenvalue weighted by Crippen LogP contribution is -2.17. The number of aromatic nitrogens is 2. The number of benzene rings is 2. The van der Waals surface area contributed by atoms with Gasteiger partial charge in [0.25, 0.3) is 0 Å². The van der Waals surface area contributed by atoms with Crippen molar-refractivity contribution in [3.05, 3.63) is 59.9 Å². The number of hydrogen-bond acceptors (Lipinski definition) is 4. The summed E-state index contributed by atoms with van der Waals surface area (Å²) in [5.41, 5.74) is 3.20. The van der Waals surface area contributed by atoms with Crippen molar-refractivity contribution in [3.8, 4) is 11.5 Å². The van der Waals surface area contributed by atoms with Gasteiger partial charge < -0.3 is 19.4 Å². The van der Waals surface area contributed by atoms with Crippen molar-refractivity contribution in [1.29, 1.82) is 0 Å². The summed E-state index contributed by atoms with van der Waals surface area (Å²) in [5.74, 6) is 2.50. The molecular weight excluding hydrogens is 378 g/mol. The summed E-state index contributed by atoms with van der Waals surface area (Å²) in [6.45, 7) is 4.05. The zero-order chi connectivity index (χ0) is 21.2. The quantitative estimate of drug-likeness (QED) is 0.361. The Balaban J connectivity index is 1.57. The maximum Gasteiger partial charge on any atom is 0.207 e. The van der Waals surface area contributed by atoms with Gasteiger partial charge in [0, 0.05) is 19.5 Å². The Morgan fingerprint density at radius 3 is 2.80 bits per heavy atom. The fraction of sp³-hybridized carbons (Fsp3) is 0.333. The smallest absolute Gasteiger partial charge is 0.207 e. The summed E-state index contributed by atoms with van der Waals surface area (Å²) in [6, 6.07) is 14.1. The van der Waals surface area contributed by atoms with E-state index in [1.807, 2.05) is 55.5 Å². The van der Waals surface area contributed by atoms with E-state index in [2.05, 4.69) is 16.0 Å². The number of rotatable bonds is 12. The molecule has 1 heterocycles. The van der Waals surface area contributed by atoms with Gasteiger partial charge in [-0.1, -0.05) is 30.4 Å². The minimum atomic E-state index is 0.582. The third-order valence-corrected chi connectivity index (χ3v) is 4.89. The van der Waals surface area contributed by atoms with Gasteiger partial charge in [-0.25, -0.2) is 4.98 Å². The molecule has 158 valence electrons. The molecule has 2 aromatic carbocycles. The average Bonchev–Trinajstić information content (AvgIpc) is 3.12. The molecule has 0 spiro atoms. The summed E-state index contributed by atoms with van der Waals surface area (Å²) < 4.78 is 13.7. The Hall–Kier alpha value is -3.28. The number of para-hydroxylation sites is 2. The lowest BCUT2D eigenvalue weighted by Gasteiger charge is -2.12. The van der Waals surface area contributed by atoms with Gasteiger partial charge in [-0.3, -0.25) is 4.79 Å². The van der Waals surface area contributed by atoms with E-state index < -0.39 is 0 Å². The van der Waals surface area contributed by atoms with Gasteiger partial charge in [-0.2, -0.15) is 0 Å². The van der Waals surface area contributed by atoms with Crippen LogP contribution in [0.25, 0.3) is 17.1 Å². The highest BCUT2D eigenvalue weighted by Gasteiger charge is 2.10. The van der Waals surface area contributed by atoms with E-state index in [1.54, 1.807) is 7.11 Å². The molecule has 1 N–H and O–H groups in total. The van der Waals surface area contributed by atoms with Gasteiger partial charge in [-0.15, -0.1) is 0 Å². The monoisotopic (exact) mass is 407 g/mol. The van der Waals surface area contributed by atoms with E-state index in [0.717, 1.165) is 59.7 Å². The Kier molecular flexibility index (Phi) is 7.89. The van der Waals surface area contributed by atoms with Crippen LogP contribution in [-0.4, -0.2) is 36.2 Å². The van der Waals surface area contributed by atoms with Gasteiger partial charge in [0.05, 0.1) is 24.8 Å². The van der Waals surface area contributed by atoms with E-state index in [1.165, 1.54) is 0 Å². The third-order valence-electron chi connectivity index (χ3n) is 4.89. The molecule has 0 atom stereocenters. The van der Waals surface area contributed by atoms with Crippen molar-refractivity contribution in [3.63, 3.8) is 0 Å². The molecule has 0 aliphatic carbocycles. The van der Waals surface area contributed by atoms with Crippen molar-refractivity contribution in [1.82, 2.24) is 14.9 Å². The highest BCUT2D eigenvalue weighted by Crippen LogP contribution is 2.28. The van der Waals surface area contributed by atoms with Crippen LogP contribution < -0.4 is 14.8 Å². The number of amides is 1. The van der Waals surface area contributed by atoms with Crippen LogP contribution in [0.1, 0.15) is 31.2 Å². The topological polar surface area (TPSA) is 65.4 Å². The maximum atomic E-state index is 10.5. The van der Waals surface area contributed by atoms with Crippen molar-refractivity contribution in [2.75, 3.05) is 20.3 Å². The van der Waals surface area contributed by atoms with Crippen LogP contribution in [0.4, 0.5) is 0 Å². The largest absolute Gasteiger partial charge is 0.493 e. The molecule has 3 aromatic rings. The fourth-order valence-electron chi connectivity index (χ4n) is 3.46. The minimum Gasteiger partial charge on any atom is -0.493 e. The normalized spacial score (nSPS) is 11.1. The van der Waals surface area contributed by atoms with Gasteiger partial charge >= 0.3 is 0 Å². The Morgan fingerprint density at radius 2 is 2.00 bits per heavy atom. The molecule has 1 aromatic heterocycles. The van der Waals surface area contributed by atoms with Crippen LogP contribution >= 0.6 is 0 Å². The number of aryl methyl sites for hydroxylation is 1. The molecular formula is C24H29N3O3. The second kappa shape index (κ2) is 11.0. The van der Waals surface area contributed by atoms with Crippen LogP contribution in [0, 0.1) is 0 Å². The fourth-order valence-corrected chi connectivity index (χ4v) is 3.46. The number of ether oxygens (including phenoxy) is 2. The van der Waals surface area contributed by atoms with Gasteiger partial charge in [0.2, 0.25) is 6.41 Å². The van der Waals surface area contributed by atoms with Crippen molar-refractivity contribution in [2.45, 2.75) is 32.7 Å². The molecule has 6 nitrogen and oxygen atoms in total. The van der Waals surface area contributed by atoms with E-state index in [0.29, 0.717) is 19.6 Å². The number of methoxy groups -OCH3 is 1. The molecule has 0 radical (unpaired) electrons. The lowest BCUT2D eigenvalue weighted by molar-refractivity contribution is -0.109. The van der Waals surface area contributed by atoms with Crippen LogP contribution in [0.2, 0.25) is 0 Å². The zero-order valence-corrected chi connectivity index (χ0v) is 17.6. The molecule has 0 aliphatic heterocycles. The van der Waals surface area contributed by atoms with Gasteiger partial charge in [-0.05, 0) is 49.6 Å². The van der Waals surface area contributed by atoms with Gasteiger partial charge in [0.15, 0.2) is 11.5 Å². The number of allylic oxidation sites excluding steroid dienone is 1. The first-order chi connectivity index (χ1) is 14.8. The summed E-state index contributed by atoms with van der Waals surface area (Å²) in [4.78, 5) is 15.3. The first-order valence-corrected chi connectivity index (χ1v) is 10.3. The van der Waals surface area contributed by atoms with E-state index in [-0.39, 0.29) is 0 Å². The Labute approximate surface area is 177 Å². The second-order valence-corrected chi connectivity index (χ2v) is 6.96. The van der Waals surface area contributed by atoms with Crippen LogP contribution in [-0.2, 0) is 17.8 Å². The van der Waals surface area contributed by atoms with E-state index in [9.17, 15) is 4.79 Å². The number of carbonyl (C=O) groups excluding carboxylic acids is 1. The van der Waals surface area contributed by atoms with Crippen molar-refractivity contribution >= 4 is 23.5 Å². The predicted octanol–water partition coefficient (Wildman–Crippen LogP) is 4.23. The summed E-state index contributed by atoms with van der Waals surface area (Å²) in [5, 5.41) is 2.72. The molecule has 0 saturated heterocycles. The molecule has 1 amide bonds. The highest BCUT2D eigenvalue weighted by atomic mass is 16.5. The van der Waals surface area contributed by atoms with Gasteiger partial charge in [0.1, 0.15) is 5.82 Å². The van der Waals surface area contributed by atoms with Crippen molar-refractivity contribution in [2.24, 2.45) is 0 Å². The minimum absolute atomic E-state index is 0.582. The number of nitrogens with one attached hydrogen (secondary N) is 1. The standard InChI is InChI=1S/C24H29N3O3/c1-3-8-19-11-12-22(23(17-19)29-2)30-16-7-6-15-27-21-10-5-4-9-20(21)26-24(27)13-14-25-18-28/h3-5,8-12,17-18H,6-7,13-16H2,1-2H3,(H,25,28)/b8-3+. The van der Waals surface area contributed by atoms with E-state index in [4.69, 9.17) is 14.5 Å². The number of fused-ring (bicyclic) bond motifs is 1. The summed E-state index contributed by atoms with van der Waals surface area (Å²) in [7, 11) is 1.66. The highest BCUT2D eigenvalue weighted by molar-refractivity contribution is 5.75. The Bertz CT molecular complexity index is 995. The first kappa shape index (κ1) is 21.4. The molecule has 30 heavy (non-hydrogen) atoms. The second-order valence-electron chi connectivity index (χ2n) is 6.96. The lowest BCUT2D eigenvalue weighted by atomic mass is 10.2. The number of imidazole rings is 1. The molecule has 0 saturated carbocycles. The number of unbranched alkanes of at least 4 members (excludes halogenated alkanes) is 1. The molecule has 0 bridgehead atoms. The molecule has 6 heteroatoms. The van der Waals surface area contributed by atoms with Crippen molar-refractivity contribution < 1.29 is 14.3 Å². The SMILES string of the molecule is C/C=C/c1ccc(OCCCCn2c(CCNC=O)nc3ccccc32)c(OC)c1. The number of hydrogen-bond donors (Lipinski definition) is 1. The summed E-state index contributed by atoms with van der Waals surface area (Å²) in [6.07, 6.45) is 7.34. The van der Waals surface area contributed by atoms with E-state index >= 15 is 0 Å². The van der Waals surface area contributed by atoms with Crippen LogP contribution in [0.15, 0.2) is 48.5 Å².